The predicted molar refractivity (Wildman–Crippen MR) is 128 cm³/mol. The van der Waals surface area contributed by atoms with Gasteiger partial charge in [0.1, 0.15) is 11.9 Å². The Hall–Kier alpha value is -3.64. The van der Waals surface area contributed by atoms with Crippen molar-refractivity contribution < 1.29 is 14.3 Å². The fourth-order valence-corrected chi connectivity index (χ4v) is 4.35. The lowest BCUT2D eigenvalue weighted by Crippen LogP contribution is -2.42. The number of amides is 1. The molecule has 6 nitrogen and oxygen atoms in total. The molecular formula is C27H27N3O3. The standard InChI is InChI=1S/C27H27N3O3/c1-32-21-12-9-19(10-13-21)23-7-4-8-25(29-23)26-18-30(15-16-33-26)27(31)14-11-20-17-28-24-6-3-2-5-22(20)24/h2-10,12-13,17,26,28H,11,14-16,18H2,1H3/t26-/m1/s1. The molecule has 1 atom stereocenters. The maximum absolute atomic E-state index is 13.0. The largest absolute Gasteiger partial charge is 0.497 e. The molecule has 0 radical (unpaired) electrons. The quantitative estimate of drug-likeness (QED) is 0.468. The van der Waals surface area contributed by atoms with Crippen LogP contribution in [0.3, 0.4) is 0 Å². The first-order chi connectivity index (χ1) is 16.2. The Kier molecular flexibility index (Phi) is 6.09. The number of ether oxygens (including phenoxy) is 2. The maximum Gasteiger partial charge on any atom is 0.223 e. The van der Waals surface area contributed by atoms with Gasteiger partial charge in [0.25, 0.3) is 0 Å². The molecule has 2 aromatic carbocycles. The van der Waals surface area contributed by atoms with Crippen molar-refractivity contribution in [2.45, 2.75) is 18.9 Å². The molecule has 4 aromatic rings. The number of carbonyl (C=O) groups is 1. The Balaban J connectivity index is 1.25. The van der Waals surface area contributed by atoms with E-state index in [1.165, 1.54) is 10.9 Å². The lowest BCUT2D eigenvalue weighted by atomic mass is 10.1. The molecule has 33 heavy (non-hydrogen) atoms. The van der Waals surface area contributed by atoms with Crippen molar-refractivity contribution in [1.29, 1.82) is 0 Å². The molecular weight excluding hydrogens is 414 g/mol. The summed E-state index contributed by atoms with van der Waals surface area (Å²) in [6.07, 6.45) is 2.98. The van der Waals surface area contributed by atoms with Crippen molar-refractivity contribution in [3.8, 4) is 17.0 Å². The second kappa shape index (κ2) is 9.46. The van der Waals surface area contributed by atoms with Gasteiger partial charge in [-0.1, -0.05) is 24.3 Å². The summed E-state index contributed by atoms with van der Waals surface area (Å²) in [5.74, 6) is 0.965. The number of aromatic amines is 1. The molecule has 1 N–H and O–H groups in total. The van der Waals surface area contributed by atoms with Crippen molar-refractivity contribution >= 4 is 16.8 Å². The molecule has 1 fully saturated rings. The molecule has 168 valence electrons. The lowest BCUT2D eigenvalue weighted by molar-refractivity contribution is -0.139. The molecule has 0 unspecified atom stereocenters. The number of carbonyl (C=O) groups excluding carboxylic acids is 1. The van der Waals surface area contributed by atoms with E-state index in [-0.39, 0.29) is 12.0 Å². The second-order valence-electron chi connectivity index (χ2n) is 8.23. The van der Waals surface area contributed by atoms with Crippen LogP contribution in [-0.2, 0) is 16.0 Å². The molecule has 3 heterocycles. The summed E-state index contributed by atoms with van der Waals surface area (Å²) in [5, 5.41) is 1.18. The van der Waals surface area contributed by atoms with Crippen molar-refractivity contribution in [1.82, 2.24) is 14.9 Å². The molecule has 1 aliphatic heterocycles. The molecule has 0 aliphatic carbocycles. The van der Waals surface area contributed by atoms with E-state index >= 15 is 0 Å². The van der Waals surface area contributed by atoms with Crippen LogP contribution in [-0.4, -0.2) is 47.6 Å². The van der Waals surface area contributed by atoms with Crippen LogP contribution in [0.5, 0.6) is 5.75 Å². The highest BCUT2D eigenvalue weighted by Crippen LogP contribution is 2.26. The van der Waals surface area contributed by atoms with Crippen LogP contribution in [0, 0.1) is 0 Å². The fourth-order valence-electron chi connectivity index (χ4n) is 4.35. The Morgan fingerprint density at radius 2 is 1.97 bits per heavy atom. The number of H-pyrrole nitrogens is 1. The monoisotopic (exact) mass is 441 g/mol. The second-order valence-corrected chi connectivity index (χ2v) is 8.23. The van der Waals surface area contributed by atoms with Gasteiger partial charge in [-0.3, -0.25) is 4.79 Å². The number of aromatic nitrogens is 2. The number of nitrogens with one attached hydrogen (secondary N) is 1. The van der Waals surface area contributed by atoms with Gasteiger partial charge in [0.05, 0.1) is 31.6 Å². The van der Waals surface area contributed by atoms with Crippen molar-refractivity contribution in [2.75, 3.05) is 26.8 Å². The Bertz CT molecular complexity index is 1250. The number of hydrogen-bond donors (Lipinski definition) is 1. The summed E-state index contributed by atoms with van der Waals surface area (Å²) in [5.41, 5.74) is 5.02. The minimum Gasteiger partial charge on any atom is -0.497 e. The molecule has 2 aromatic heterocycles. The number of methoxy groups -OCH3 is 1. The van der Waals surface area contributed by atoms with E-state index < -0.39 is 0 Å². The Morgan fingerprint density at radius 1 is 1.12 bits per heavy atom. The van der Waals surface area contributed by atoms with Crippen LogP contribution in [0.15, 0.2) is 72.9 Å². The SMILES string of the molecule is COc1ccc(-c2cccc([C@H]3CN(C(=O)CCc4c[nH]c5ccccc45)CCO3)n2)cc1. The molecule has 0 bridgehead atoms. The van der Waals surface area contributed by atoms with E-state index in [2.05, 4.69) is 17.1 Å². The van der Waals surface area contributed by atoms with Gasteiger partial charge in [0.2, 0.25) is 5.91 Å². The summed E-state index contributed by atoms with van der Waals surface area (Å²) in [6, 6.07) is 22.0. The van der Waals surface area contributed by atoms with Crippen LogP contribution < -0.4 is 4.74 Å². The minimum atomic E-state index is -0.228. The summed E-state index contributed by atoms with van der Waals surface area (Å²) in [4.78, 5) is 23.0. The number of morpholine rings is 1. The lowest BCUT2D eigenvalue weighted by Gasteiger charge is -2.33. The number of para-hydroxylation sites is 1. The summed E-state index contributed by atoms with van der Waals surface area (Å²) in [7, 11) is 1.65. The first-order valence-corrected chi connectivity index (χ1v) is 11.3. The van der Waals surface area contributed by atoms with Gasteiger partial charge in [-0.15, -0.1) is 0 Å². The third-order valence-corrected chi connectivity index (χ3v) is 6.19. The number of hydrogen-bond acceptors (Lipinski definition) is 4. The highest BCUT2D eigenvalue weighted by molar-refractivity contribution is 5.84. The number of rotatable bonds is 6. The average Bonchev–Trinajstić information content (AvgIpc) is 3.30. The minimum absolute atomic E-state index is 0.153. The number of benzene rings is 2. The van der Waals surface area contributed by atoms with Crippen LogP contribution in [0.1, 0.15) is 23.8 Å². The molecule has 0 saturated carbocycles. The Morgan fingerprint density at radius 3 is 2.82 bits per heavy atom. The molecule has 6 heteroatoms. The van der Waals surface area contributed by atoms with Crippen LogP contribution >= 0.6 is 0 Å². The van der Waals surface area contributed by atoms with Crippen LogP contribution in [0.4, 0.5) is 0 Å². The highest BCUT2D eigenvalue weighted by atomic mass is 16.5. The van der Waals surface area contributed by atoms with Crippen molar-refractivity contribution in [3.05, 3.63) is 84.2 Å². The third kappa shape index (κ3) is 4.61. The van der Waals surface area contributed by atoms with Gasteiger partial charge in [-0.2, -0.15) is 0 Å². The van der Waals surface area contributed by atoms with E-state index in [4.69, 9.17) is 14.5 Å². The average molecular weight is 442 g/mol. The summed E-state index contributed by atoms with van der Waals surface area (Å²) >= 11 is 0. The molecule has 0 spiro atoms. The molecule has 1 saturated heterocycles. The first kappa shape index (κ1) is 21.2. The number of aryl methyl sites for hydroxylation is 1. The van der Waals surface area contributed by atoms with E-state index in [0.29, 0.717) is 26.1 Å². The number of fused-ring (bicyclic) bond motifs is 1. The summed E-state index contributed by atoms with van der Waals surface area (Å²) < 4.78 is 11.2. The zero-order valence-corrected chi connectivity index (χ0v) is 18.7. The van der Waals surface area contributed by atoms with Gasteiger partial charge in [0, 0.05) is 35.6 Å². The Labute approximate surface area is 193 Å². The van der Waals surface area contributed by atoms with E-state index in [1.807, 2.05) is 65.7 Å². The first-order valence-electron chi connectivity index (χ1n) is 11.3. The normalized spacial score (nSPS) is 16.2. The van der Waals surface area contributed by atoms with E-state index in [1.54, 1.807) is 7.11 Å². The smallest absolute Gasteiger partial charge is 0.223 e. The van der Waals surface area contributed by atoms with Gasteiger partial charge in [-0.25, -0.2) is 4.98 Å². The zero-order chi connectivity index (χ0) is 22.6. The van der Waals surface area contributed by atoms with Gasteiger partial charge in [-0.05, 0) is 54.4 Å². The molecule has 1 amide bonds. The van der Waals surface area contributed by atoms with Gasteiger partial charge in [0.15, 0.2) is 0 Å². The fraction of sp³-hybridized carbons (Fsp3) is 0.259. The maximum atomic E-state index is 13.0. The van der Waals surface area contributed by atoms with E-state index in [0.717, 1.165) is 34.6 Å². The summed E-state index contributed by atoms with van der Waals surface area (Å²) in [6.45, 7) is 1.64. The number of nitrogens with zero attached hydrogens (tertiary/aromatic N) is 2. The zero-order valence-electron chi connectivity index (χ0n) is 18.7. The van der Waals surface area contributed by atoms with Gasteiger partial charge < -0.3 is 19.4 Å². The van der Waals surface area contributed by atoms with Crippen LogP contribution in [0.25, 0.3) is 22.2 Å². The highest BCUT2D eigenvalue weighted by Gasteiger charge is 2.26. The third-order valence-electron chi connectivity index (χ3n) is 6.19. The molecule has 1 aliphatic rings. The topological polar surface area (TPSA) is 67.5 Å². The predicted octanol–water partition coefficient (Wildman–Crippen LogP) is 4.77. The van der Waals surface area contributed by atoms with Crippen molar-refractivity contribution in [2.24, 2.45) is 0 Å². The van der Waals surface area contributed by atoms with E-state index in [9.17, 15) is 4.79 Å². The van der Waals surface area contributed by atoms with Crippen LogP contribution in [0.2, 0.25) is 0 Å². The van der Waals surface area contributed by atoms with Gasteiger partial charge >= 0.3 is 0 Å². The van der Waals surface area contributed by atoms with Crippen molar-refractivity contribution in [3.63, 3.8) is 0 Å². The molecule has 5 rings (SSSR count). The number of pyridine rings is 1.